The minimum absolute atomic E-state index is 0.237. The fraction of sp³-hybridized carbons (Fsp3) is 0.200. The minimum atomic E-state index is -0.375. The van der Waals surface area contributed by atoms with Crippen LogP contribution in [0.5, 0.6) is 5.75 Å². The maximum atomic E-state index is 11.3. The molecule has 2 rings (SSSR count). The molecule has 0 aliphatic rings. The highest BCUT2D eigenvalue weighted by molar-refractivity contribution is 5.84. The Hall–Kier alpha value is -2.04. The van der Waals surface area contributed by atoms with Crippen molar-refractivity contribution in [1.29, 1.82) is 0 Å². The molecule has 0 aliphatic heterocycles. The zero-order valence-electron chi connectivity index (χ0n) is 8.07. The van der Waals surface area contributed by atoms with Crippen LogP contribution >= 0.6 is 0 Å². The molecule has 15 heavy (non-hydrogen) atoms. The second-order valence-corrected chi connectivity index (χ2v) is 2.97. The molecule has 0 saturated heterocycles. The maximum absolute atomic E-state index is 11.3. The van der Waals surface area contributed by atoms with Crippen molar-refractivity contribution in [2.75, 3.05) is 0 Å². The largest absolute Gasteiger partial charge is 0.460 e. The van der Waals surface area contributed by atoms with Crippen molar-refractivity contribution < 1.29 is 13.9 Å². The van der Waals surface area contributed by atoms with Gasteiger partial charge in [-0.3, -0.25) is 9.59 Å². The van der Waals surface area contributed by atoms with Crippen LogP contribution in [-0.2, 0) is 4.79 Å². The van der Waals surface area contributed by atoms with Crippen molar-refractivity contribution in [1.82, 2.24) is 4.98 Å². The molecule has 0 unspecified atom stereocenters. The SMILES string of the molecule is CCC(=O)Oc1c[nH]c(=O)c2ccoc12. The lowest BCUT2D eigenvalue weighted by Crippen LogP contribution is -2.09. The molecule has 1 N–H and O–H groups in total. The number of hydrogen-bond donors (Lipinski definition) is 1. The molecule has 0 atom stereocenters. The summed E-state index contributed by atoms with van der Waals surface area (Å²) in [6.07, 6.45) is 2.96. The van der Waals surface area contributed by atoms with Crippen molar-refractivity contribution in [2.45, 2.75) is 13.3 Å². The molecule has 0 aliphatic carbocycles. The Morgan fingerprint density at radius 2 is 2.40 bits per heavy atom. The molecule has 5 nitrogen and oxygen atoms in total. The van der Waals surface area contributed by atoms with Crippen molar-refractivity contribution in [3.63, 3.8) is 0 Å². The van der Waals surface area contributed by atoms with Crippen molar-refractivity contribution in [3.8, 4) is 5.75 Å². The zero-order chi connectivity index (χ0) is 10.8. The topological polar surface area (TPSA) is 72.3 Å². The van der Waals surface area contributed by atoms with Crippen LogP contribution in [0.2, 0.25) is 0 Å². The standard InChI is InChI=1S/C10H9NO4/c1-2-8(12)15-7-5-11-10(13)6-3-4-14-9(6)7/h3-5H,2H2,1H3,(H,11,13). The van der Waals surface area contributed by atoms with E-state index in [1.165, 1.54) is 18.5 Å². The molecule has 0 aromatic carbocycles. The summed E-state index contributed by atoms with van der Waals surface area (Å²) < 4.78 is 10.1. The normalized spacial score (nSPS) is 10.5. The van der Waals surface area contributed by atoms with E-state index in [-0.39, 0.29) is 23.7 Å². The minimum Gasteiger partial charge on any atom is -0.460 e. The van der Waals surface area contributed by atoms with Crippen molar-refractivity contribution in [3.05, 3.63) is 28.9 Å². The number of aromatic nitrogens is 1. The van der Waals surface area contributed by atoms with Gasteiger partial charge in [0.15, 0.2) is 11.3 Å². The molecular formula is C10H9NO4. The van der Waals surface area contributed by atoms with Crippen LogP contribution in [-0.4, -0.2) is 11.0 Å². The number of carbonyl (C=O) groups excluding carboxylic acids is 1. The Morgan fingerprint density at radius 3 is 3.13 bits per heavy atom. The van der Waals surface area contributed by atoms with Gasteiger partial charge in [-0.15, -0.1) is 0 Å². The number of hydrogen-bond acceptors (Lipinski definition) is 4. The third kappa shape index (κ3) is 1.63. The first-order valence-electron chi connectivity index (χ1n) is 4.52. The molecule has 2 heterocycles. The number of carbonyl (C=O) groups is 1. The molecule has 78 valence electrons. The second kappa shape index (κ2) is 3.61. The van der Waals surface area contributed by atoms with Gasteiger partial charge in [-0.25, -0.2) is 0 Å². The first-order chi connectivity index (χ1) is 7.22. The number of pyridine rings is 1. The number of nitrogens with one attached hydrogen (secondary N) is 1. The molecule has 5 heteroatoms. The van der Waals surface area contributed by atoms with E-state index in [4.69, 9.17) is 9.15 Å². The Bertz CT molecular complexity index is 552. The van der Waals surface area contributed by atoms with Gasteiger partial charge in [-0.1, -0.05) is 6.92 Å². The number of H-pyrrole nitrogens is 1. The summed E-state index contributed by atoms with van der Waals surface area (Å²) in [5.41, 5.74) is 0.0237. The number of rotatable bonds is 2. The highest BCUT2D eigenvalue weighted by Gasteiger charge is 2.11. The van der Waals surface area contributed by atoms with Gasteiger partial charge in [0.1, 0.15) is 0 Å². The van der Waals surface area contributed by atoms with Gasteiger partial charge in [0, 0.05) is 6.42 Å². The molecule has 0 saturated carbocycles. The van der Waals surface area contributed by atoms with Crippen LogP contribution in [0.15, 0.2) is 27.7 Å². The molecule has 2 aromatic rings. The van der Waals surface area contributed by atoms with E-state index in [1.54, 1.807) is 6.92 Å². The van der Waals surface area contributed by atoms with Crippen molar-refractivity contribution in [2.24, 2.45) is 0 Å². The summed E-state index contributed by atoms with van der Waals surface area (Å²) >= 11 is 0. The zero-order valence-corrected chi connectivity index (χ0v) is 8.07. The van der Waals surface area contributed by atoms with Crippen molar-refractivity contribution >= 4 is 16.9 Å². The molecule has 0 spiro atoms. The number of fused-ring (bicyclic) bond motifs is 1. The predicted molar refractivity (Wildman–Crippen MR) is 52.8 cm³/mol. The number of esters is 1. The average Bonchev–Trinajstić information content (AvgIpc) is 2.71. The summed E-state index contributed by atoms with van der Waals surface area (Å²) in [5.74, 6) is -0.138. The van der Waals surface area contributed by atoms with E-state index in [0.717, 1.165) is 0 Å². The van der Waals surface area contributed by atoms with Crippen LogP contribution in [0.4, 0.5) is 0 Å². The fourth-order valence-electron chi connectivity index (χ4n) is 1.22. The first kappa shape index (κ1) is 9.51. The van der Waals surface area contributed by atoms with Gasteiger partial charge in [0.25, 0.3) is 5.56 Å². The summed E-state index contributed by atoms with van der Waals surface area (Å²) in [6.45, 7) is 1.69. The maximum Gasteiger partial charge on any atom is 0.311 e. The molecule has 0 amide bonds. The number of ether oxygens (including phenoxy) is 1. The molecular weight excluding hydrogens is 198 g/mol. The van der Waals surface area contributed by atoms with Gasteiger partial charge in [-0.05, 0) is 6.07 Å². The van der Waals surface area contributed by atoms with E-state index in [9.17, 15) is 9.59 Å². The lowest BCUT2D eigenvalue weighted by Gasteiger charge is -2.01. The Kier molecular flexibility index (Phi) is 2.29. The monoisotopic (exact) mass is 207 g/mol. The number of furan rings is 1. The van der Waals surface area contributed by atoms with Crippen LogP contribution in [0, 0.1) is 0 Å². The summed E-state index contributed by atoms with van der Waals surface area (Å²) in [6, 6.07) is 1.53. The molecule has 0 bridgehead atoms. The van der Waals surface area contributed by atoms with E-state index in [1.807, 2.05) is 0 Å². The van der Waals surface area contributed by atoms with Gasteiger partial charge in [0.05, 0.1) is 17.8 Å². The van der Waals surface area contributed by atoms with Crippen LogP contribution in [0.25, 0.3) is 11.0 Å². The molecule has 2 aromatic heterocycles. The summed E-state index contributed by atoms with van der Waals surface area (Å²) in [5, 5.41) is 0.372. The lowest BCUT2D eigenvalue weighted by molar-refractivity contribution is -0.133. The smallest absolute Gasteiger partial charge is 0.311 e. The predicted octanol–water partition coefficient (Wildman–Crippen LogP) is 1.44. The van der Waals surface area contributed by atoms with Gasteiger partial charge < -0.3 is 14.1 Å². The summed E-state index contributed by atoms with van der Waals surface area (Å²) in [7, 11) is 0. The molecule has 0 fully saturated rings. The van der Waals surface area contributed by atoms with Crippen LogP contribution < -0.4 is 10.3 Å². The van der Waals surface area contributed by atoms with Gasteiger partial charge in [-0.2, -0.15) is 0 Å². The van der Waals surface area contributed by atoms with Crippen LogP contribution in [0.3, 0.4) is 0 Å². The Labute approximate surface area is 84.7 Å². The second-order valence-electron chi connectivity index (χ2n) is 2.97. The van der Waals surface area contributed by atoms with Gasteiger partial charge in [0.2, 0.25) is 0 Å². The van der Waals surface area contributed by atoms with Gasteiger partial charge >= 0.3 is 5.97 Å². The quantitative estimate of drug-likeness (QED) is 0.756. The van der Waals surface area contributed by atoms with E-state index >= 15 is 0 Å². The molecule has 0 radical (unpaired) electrons. The lowest BCUT2D eigenvalue weighted by atomic mass is 10.3. The Morgan fingerprint density at radius 1 is 1.60 bits per heavy atom. The van der Waals surface area contributed by atoms with Crippen LogP contribution in [0.1, 0.15) is 13.3 Å². The Balaban J connectivity index is 2.52. The van der Waals surface area contributed by atoms with E-state index in [2.05, 4.69) is 4.98 Å². The third-order valence-corrected chi connectivity index (χ3v) is 1.98. The number of aromatic amines is 1. The van der Waals surface area contributed by atoms with E-state index < -0.39 is 0 Å². The fourth-order valence-corrected chi connectivity index (χ4v) is 1.22. The first-order valence-corrected chi connectivity index (χ1v) is 4.52. The van der Waals surface area contributed by atoms with E-state index in [0.29, 0.717) is 11.0 Å². The highest BCUT2D eigenvalue weighted by atomic mass is 16.5. The summed E-state index contributed by atoms with van der Waals surface area (Å²) in [4.78, 5) is 24.8. The average molecular weight is 207 g/mol. The third-order valence-electron chi connectivity index (χ3n) is 1.98. The highest BCUT2D eigenvalue weighted by Crippen LogP contribution is 2.22.